The molecule has 410 valence electrons. The molecule has 0 radical (unpaired) electrons. The van der Waals surface area contributed by atoms with E-state index in [1.807, 2.05) is 38.1 Å². The van der Waals surface area contributed by atoms with Crippen molar-refractivity contribution in [3.63, 3.8) is 0 Å². The first kappa shape index (κ1) is 60.6. The number of anilines is 1. The summed E-state index contributed by atoms with van der Waals surface area (Å²) in [5.74, 6) is -2.06. The van der Waals surface area contributed by atoms with Crippen molar-refractivity contribution in [2.24, 2.45) is 23.7 Å². The normalized spacial score (nSPS) is 26.6. The zero-order valence-electron chi connectivity index (χ0n) is 44.0. The second-order valence-electron chi connectivity index (χ2n) is 19.7. The van der Waals surface area contributed by atoms with Gasteiger partial charge in [-0.2, -0.15) is 0 Å². The van der Waals surface area contributed by atoms with Gasteiger partial charge in [0.05, 0.1) is 29.3 Å². The summed E-state index contributed by atoms with van der Waals surface area (Å²) in [5, 5.41) is 24.7. The van der Waals surface area contributed by atoms with E-state index in [4.69, 9.17) is 36.4 Å². The molecule has 23 nitrogen and oxygen atoms in total. The fourth-order valence-electron chi connectivity index (χ4n) is 8.52. The summed E-state index contributed by atoms with van der Waals surface area (Å²) in [6, 6.07) is 0.488. The van der Waals surface area contributed by atoms with E-state index in [2.05, 4.69) is 31.4 Å². The molecule has 1 aromatic carbocycles. The molecule has 2 saturated heterocycles. The van der Waals surface area contributed by atoms with Crippen LogP contribution >= 0.6 is 11.6 Å². The number of alkyl carbamates (subject to hydrolysis) is 1. The predicted molar refractivity (Wildman–Crippen MR) is 268 cm³/mol. The fourth-order valence-corrected chi connectivity index (χ4v) is 8.75. The number of hydrogen-bond donors (Lipinski definition) is 7. The number of nitrogens with two attached hydrogens (primary N) is 1. The molecule has 1 aromatic rings. The minimum absolute atomic E-state index is 0.00553. The van der Waals surface area contributed by atoms with E-state index >= 15 is 0 Å². The minimum atomic E-state index is -1.68. The summed E-state index contributed by atoms with van der Waals surface area (Å²) in [6.07, 6.45) is 1.72. The number of hydrogen-bond acceptors (Lipinski definition) is 16. The number of ketones is 1. The second kappa shape index (κ2) is 26.5. The monoisotopic (exact) mass is 1060 g/mol. The summed E-state index contributed by atoms with van der Waals surface area (Å²) < 4.78 is 23.4. The molecule has 3 aliphatic rings. The SMILES string of the molecule is C/C1=C\C=C\C(C)C2(O)CC(OC(=O)N2)C(C)C2OC2(C)C(OC(=O)C(C)N(C)C(=O)COCC(=O)NC(C)C(=O)CC(C)C(=O)NC(C)C(=O)NCCNC(=O)CON)CC(=O)N(C)c2cc(cc(C)c2Cl)C1. The van der Waals surface area contributed by atoms with E-state index in [-0.39, 0.29) is 39.0 Å². The topological polar surface area (TPSA) is 316 Å². The van der Waals surface area contributed by atoms with Crippen LogP contribution in [-0.4, -0.2) is 158 Å². The van der Waals surface area contributed by atoms with Gasteiger partial charge in [-0.25, -0.2) is 15.5 Å². The molecule has 11 unspecified atom stereocenters. The first-order valence-electron chi connectivity index (χ1n) is 24.4. The van der Waals surface area contributed by atoms with E-state index in [9.17, 15) is 48.3 Å². The van der Waals surface area contributed by atoms with Crippen molar-refractivity contribution in [1.82, 2.24) is 31.5 Å². The van der Waals surface area contributed by atoms with Gasteiger partial charge in [0.25, 0.3) is 0 Å². The van der Waals surface area contributed by atoms with Crippen LogP contribution in [0.5, 0.6) is 0 Å². The van der Waals surface area contributed by atoms with Crippen molar-refractivity contribution < 1.29 is 72.0 Å². The molecule has 0 spiro atoms. The highest BCUT2D eigenvalue weighted by molar-refractivity contribution is 6.34. The quantitative estimate of drug-likeness (QED) is 0.0443. The Morgan fingerprint density at radius 2 is 1.65 bits per heavy atom. The first-order valence-corrected chi connectivity index (χ1v) is 24.8. The number of rotatable bonds is 19. The Morgan fingerprint density at radius 1 is 0.973 bits per heavy atom. The van der Waals surface area contributed by atoms with Crippen LogP contribution in [-0.2, 0) is 68.6 Å². The number of likely N-dealkylation sites (N-methyl/N-ethyl adjacent to an activating group) is 1. The number of carbonyl (C=O) groups excluding carboxylic acids is 9. The number of epoxide rings is 1. The number of carbonyl (C=O) groups is 9. The number of nitrogens with one attached hydrogen (secondary N) is 5. The third-order valence-corrected chi connectivity index (χ3v) is 14.1. The van der Waals surface area contributed by atoms with Crippen molar-refractivity contribution in [2.75, 3.05) is 51.9 Å². The first-order chi connectivity index (χ1) is 34.6. The molecule has 3 heterocycles. The van der Waals surface area contributed by atoms with Crippen LogP contribution in [0, 0.1) is 24.7 Å². The summed E-state index contributed by atoms with van der Waals surface area (Å²) in [6.45, 7) is 13.3. The maximum atomic E-state index is 14.3. The van der Waals surface area contributed by atoms with Crippen LogP contribution in [0.3, 0.4) is 0 Å². The van der Waals surface area contributed by atoms with Crippen LogP contribution in [0.1, 0.15) is 85.8 Å². The van der Waals surface area contributed by atoms with Crippen molar-refractivity contribution in [2.45, 2.75) is 136 Å². The Balaban J connectivity index is 1.37. The maximum Gasteiger partial charge on any atom is 0.409 e. The third-order valence-electron chi connectivity index (χ3n) is 13.6. The second-order valence-corrected chi connectivity index (χ2v) is 20.1. The molecule has 8 N–H and O–H groups in total. The van der Waals surface area contributed by atoms with Gasteiger partial charge in [0.15, 0.2) is 5.78 Å². The lowest BCUT2D eigenvalue weighted by atomic mass is 9.82. The van der Waals surface area contributed by atoms with Crippen LogP contribution in [0.2, 0.25) is 5.02 Å². The molecule has 24 heteroatoms. The Hall–Kier alpha value is -5.98. The molecule has 0 aromatic heterocycles. The largest absolute Gasteiger partial charge is 0.457 e. The molecule has 4 rings (SSSR count). The number of amides is 7. The number of fused-ring (bicyclic) bond motifs is 5. The van der Waals surface area contributed by atoms with Crippen LogP contribution in [0.25, 0.3) is 0 Å². The average Bonchev–Trinajstić information content (AvgIpc) is 4.03. The number of benzene rings is 1. The van der Waals surface area contributed by atoms with Crippen molar-refractivity contribution in [3.05, 3.63) is 52.1 Å². The highest BCUT2D eigenvalue weighted by atomic mass is 35.5. The molecular weight excluding hydrogens is 988 g/mol. The van der Waals surface area contributed by atoms with E-state index in [1.54, 1.807) is 33.9 Å². The van der Waals surface area contributed by atoms with Crippen LogP contribution in [0.4, 0.5) is 10.5 Å². The number of esters is 1. The Bertz CT molecular complexity index is 2350. The lowest BCUT2D eigenvalue weighted by Gasteiger charge is -2.41. The van der Waals surface area contributed by atoms with E-state index < -0.39 is 132 Å². The number of aliphatic hydroxyl groups is 1. The highest BCUT2D eigenvalue weighted by Crippen LogP contribution is 2.49. The van der Waals surface area contributed by atoms with Gasteiger partial charge in [0.2, 0.25) is 35.4 Å². The van der Waals surface area contributed by atoms with Crippen LogP contribution < -0.4 is 37.4 Å². The number of halogens is 1. The molecule has 74 heavy (non-hydrogen) atoms. The molecule has 4 bridgehead atoms. The number of Topliss-reactive ketones (excluding diaryl/α,β-unsaturated/α-hetero) is 1. The minimum Gasteiger partial charge on any atom is -0.457 e. The Labute approximate surface area is 436 Å². The van der Waals surface area contributed by atoms with E-state index in [0.717, 1.165) is 21.6 Å². The number of allylic oxidation sites excluding steroid dienone is 3. The van der Waals surface area contributed by atoms with Crippen molar-refractivity contribution in [1.29, 1.82) is 0 Å². The number of nitrogens with zero attached hydrogens (tertiary/aromatic N) is 2. The molecule has 3 aliphatic heterocycles. The average molecular weight is 1060 g/mol. The van der Waals surface area contributed by atoms with Gasteiger partial charge < -0.3 is 55.1 Å². The molecule has 11 atom stereocenters. The summed E-state index contributed by atoms with van der Waals surface area (Å²) >= 11 is 6.80. The molecule has 7 amide bonds. The van der Waals surface area contributed by atoms with Crippen LogP contribution in [0.15, 0.2) is 35.9 Å². The summed E-state index contributed by atoms with van der Waals surface area (Å²) in [5.41, 5.74) is 0.0246. The van der Waals surface area contributed by atoms with Gasteiger partial charge in [-0.3, -0.25) is 43.7 Å². The van der Waals surface area contributed by atoms with Gasteiger partial charge in [-0.15, -0.1) is 0 Å². The van der Waals surface area contributed by atoms with Gasteiger partial charge in [-0.1, -0.05) is 62.2 Å². The van der Waals surface area contributed by atoms with Gasteiger partial charge in [0.1, 0.15) is 55.4 Å². The lowest BCUT2D eigenvalue weighted by Crippen LogP contribution is -2.60. The smallest absolute Gasteiger partial charge is 0.409 e. The summed E-state index contributed by atoms with van der Waals surface area (Å²) in [4.78, 5) is 123. The van der Waals surface area contributed by atoms with Crippen molar-refractivity contribution in [3.8, 4) is 0 Å². The molecule has 0 aliphatic carbocycles. The number of ether oxygens (including phenoxy) is 4. The molecular formula is C50H73ClN8O15. The van der Waals surface area contributed by atoms with Crippen molar-refractivity contribution >= 4 is 70.6 Å². The Kier molecular flexibility index (Phi) is 21.7. The van der Waals surface area contributed by atoms with Gasteiger partial charge >= 0.3 is 12.1 Å². The third kappa shape index (κ3) is 16.3. The predicted octanol–water partition coefficient (Wildman–Crippen LogP) is 1.18. The zero-order valence-corrected chi connectivity index (χ0v) is 44.7. The van der Waals surface area contributed by atoms with Gasteiger partial charge in [0, 0.05) is 57.8 Å². The van der Waals surface area contributed by atoms with E-state index in [0.29, 0.717) is 17.1 Å². The standard InChI is InChI=1S/C50H73ClN8O15/c1-26-13-12-14-29(4)50(69)22-37(72-48(68)57-50)30(5)44-49(9,74-44)38(21-41(63)59(11)35-20-34(17-26)18-27(2)43(35)51)73-47(67)33(8)58(10)42(64)25-70-23-40(62)55-31(6)36(60)19-28(3)45(65)56-32(7)46(66)54-16-15-53-39(61)24-71-52/h12-14,18,20,28-33,37-38,44,69H,15-17,19,21-25,52H2,1-11H3,(H,53,61)(H,54,66)(H,55,62)(H,56,65)(H,57,68)/b14-12+,26-13+. The van der Waals surface area contributed by atoms with E-state index in [1.165, 1.54) is 39.6 Å². The molecule has 2 fully saturated rings. The highest BCUT2D eigenvalue weighted by Gasteiger charge is 2.64. The zero-order chi connectivity index (χ0) is 55.4. The lowest BCUT2D eigenvalue weighted by molar-refractivity contribution is -0.163. The fraction of sp³-hybridized carbons (Fsp3) is 0.620. The number of aryl methyl sites for hydroxylation is 1. The van der Waals surface area contributed by atoms with Gasteiger partial charge in [-0.05, 0) is 65.2 Å². The summed E-state index contributed by atoms with van der Waals surface area (Å²) in [7, 11) is 2.89. The molecule has 0 saturated carbocycles. The Morgan fingerprint density at radius 3 is 2.32 bits per heavy atom. The maximum absolute atomic E-state index is 14.3.